The van der Waals surface area contributed by atoms with Gasteiger partial charge in [0.05, 0.1) is 11.1 Å². The van der Waals surface area contributed by atoms with Gasteiger partial charge in [0.15, 0.2) is 0 Å². The molecule has 2 aromatic carbocycles. The van der Waals surface area contributed by atoms with Crippen molar-refractivity contribution in [3.05, 3.63) is 63.2 Å². The third kappa shape index (κ3) is 5.18. The van der Waals surface area contributed by atoms with Gasteiger partial charge >= 0.3 is 0 Å². The van der Waals surface area contributed by atoms with Crippen LogP contribution < -0.4 is 10.7 Å². The van der Waals surface area contributed by atoms with E-state index in [0.717, 1.165) is 12.3 Å². The predicted octanol–water partition coefficient (Wildman–Crippen LogP) is 2.90. The Kier molecular flexibility index (Phi) is 5.91. The number of anilines is 1. The van der Waals surface area contributed by atoms with Crippen LogP contribution in [-0.4, -0.2) is 28.2 Å². The topological polar surface area (TPSA) is 117 Å². The lowest BCUT2D eigenvalue weighted by molar-refractivity contribution is -0.384. The van der Waals surface area contributed by atoms with E-state index in [4.69, 9.17) is 11.6 Å². The van der Waals surface area contributed by atoms with Gasteiger partial charge in [0.1, 0.15) is 11.8 Å². The third-order valence-electron chi connectivity index (χ3n) is 3.22. The average molecular weight is 363 g/mol. The van der Waals surface area contributed by atoms with Gasteiger partial charge in [-0.1, -0.05) is 11.6 Å². The molecule has 1 atom stereocenters. The highest BCUT2D eigenvalue weighted by Crippen LogP contribution is 2.21. The molecular formula is C16H15ClN4O4. The molecule has 0 heterocycles. The second-order valence-corrected chi connectivity index (χ2v) is 5.54. The van der Waals surface area contributed by atoms with Crippen molar-refractivity contribution in [2.24, 2.45) is 5.10 Å². The Labute approximate surface area is 148 Å². The molecule has 25 heavy (non-hydrogen) atoms. The number of amides is 1. The van der Waals surface area contributed by atoms with Gasteiger partial charge in [0.25, 0.3) is 11.6 Å². The fraction of sp³-hybridized carbons (Fsp3) is 0.125. The summed E-state index contributed by atoms with van der Waals surface area (Å²) in [7, 11) is 0. The zero-order valence-electron chi connectivity index (χ0n) is 13.1. The molecule has 130 valence electrons. The second-order valence-electron chi connectivity index (χ2n) is 5.11. The molecular weight excluding hydrogens is 348 g/mol. The molecule has 0 saturated heterocycles. The Morgan fingerprint density at radius 1 is 1.32 bits per heavy atom. The first-order valence-electron chi connectivity index (χ1n) is 7.19. The molecule has 0 bridgehead atoms. The van der Waals surface area contributed by atoms with E-state index < -0.39 is 16.9 Å². The van der Waals surface area contributed by atoms with Gasteiger partial charge in [-0.15, -0.1) is 0 Å². The van der Waals surface area contributed by atoms with Gasteiger partial charge in [0, 0.05) is 28.4 Å². The lowest BCUT2D eigenvalue weighted by Gasteiger charge is -2.13. The van der Waals surface area contributed by atoms with Crippen molar-refractivity contribution in [2.45, 2.75) is 13.0 Å². The molecule has 2 rings (SSSR count). The quantitative estimate of drug-likeness (QED) is 0.415. The van der Waals surface area contributed by atoms with Crippen LogP contribution >= 0.6 is 11.6 Å². The number of nitro groups is 1. The van der Waals surface area contributed by atoms with E-state index in [1.54, 1.807) is 31.2 Å². The SMILES string of the molecule is CC(Nc1ccc(Cl)cc1)C(=O)NN=Cc1cc([N+](=O)[O-])ccc1O. The Morgan fingerprint density at radius 2 is 2.00 bits per heavy atom. The Morgan fingerprint density at radius 3 is 2.64 bits per heavy atom. The Balaban J connectivity index is 1.96. The number of halogens is 1. The molecule has 3 N–H and O–H groups in total. The summed E-state index contributed by atoms with van der Waals surface area (Å²) < 4.78 is 0. The van der Waals surface area contributed by atoms with E-state index in [2.05, 4.69) is 15.8 Å². The number of carbonyl (C=O) groups excluding carboxylic acids is 1. The maximum Gasteiger partial charge on any atom is 0.270 e. The van der Waals surface area contributed by atoms with E-state index in [0.29, 0.717) is 10.7 Å². The summed E-state index contributed by atoms with van der Waals surface area (Å²) in [6, 6.07) is 9.77. The number of phenolic OH excluding ortho intramolecular Hbond substituents is 1. The number of nitrogens with one attached hydrogen (secondary N) is 2. The van der Waals surface area contributed by atoms with Gasteiger partial charge in [-0.3, -0.25) is 14.9 Å². The zero-order valence-corrected chi connectivity index (χ0v) is 13.9. The molecule has 0 aromatic heterocycles. The number of rotatable bonds is 6. The van der Waals surface area contributed by atoms with Crippen molar-refractivity contribution in [1.29, 1.82) is 0 Å². The molecule has 0 aliphatic heterocycles. The normalized spacial score (nSPS) is 11.9. The first-order chi connectivity index (χ1) is 11.9. The first-order valence-corrected chi connectivity index (χ1v) is 7.57. The van der Waals surface area contributed by atoms with Crippen LogP contribution in [0.2, 0.25) is 5.02 Å². The number of aromatic hydroxyl groups is 1. The summed E-state index contributed by atoms with van der Waals surface area (Å²) in [4.78, 5) is 22.1. The van der Waals surface area contributed by atoms with Crippen LogP contribution in [0.15, 0.2) is 47.6 Å². The van der Waals surface area contributed by atoms with Crippen LogP contribution in [0.25, 0.3) is 0 Å². The minimum Gasteiger partial charge on any atom is -0.507 e. The summed E-state index contributed by atoms with van der Waals surface area (Å²) in [6.45, 7) is 1.64. The highest BCUT2D eigenvalue weighted by atomic mass is 35.5. The minimum absolute atomic E-state index is 0.118. The van der Waals surface area contributed by atoms with Crippen LogP contribution in [0.4, 0.5) is 11.4 Å². The minimum atomic E-state index is -0.590. The van der Waals surface area contributed by atoms with Gasteiger partial charge in [-0.25, -0.2) is 5.43 Å². The van der Waals surface area contributed by atoms with Gasteiger partial charge < -0.3 is 10.4 Å². The second kappa shape index (κ2) is 8.11. The van der Waals surface area contributed by atoms with Crippen molar-refractivity contribution in [1.82, 2.24) is 5.43 Å². The van der Waals surface area contributed by atoms with Crippen LogP contribution in [0, 0.1) is 10.1 Å². The third-order valence-corrected chi connectivity index (χ3v) is 3.47. The zero-order chi connectivity index (χ0) is 18.4. The summed E-state index contributed by atoms with van der Waals surface area (Å²) in [5.74, 6) is -0.605. The highest BCUT2D eigenvalue weighted by molar-refractivity contribution is 6.30. The molecule has 0 saturated carbocycles. The number of nitrogens with zero attached hydrogens (tertiary/aromatic N) is 2. The monoisotopic (exact) mass is 362 g/mol. The number of hydrazone groups is 1. The maximum absolute atomic E-state index is 12.0. The molecule has 2 aromatic rings. The molecule has 1 amide bonds. The molecule has 1 unspecified atom stereocenters. The fourth-order valence-corrected chi connectivity index (χ4v) is 2.01. The van der Waals surface area contributed by atoms with E-state index in [1.807, 2.05) is 0 Å². The molecule has 9 heteroatoms. The largest absolute Gasteiger partial charge is 0.507 e. The summed E-state index contributed by atoms with van der Waals surface area (Å²) in [6.07, 6.45) is 1.13. The Bertz CT molecular complexity index is 808. The smallest absolute Gasteiger partial charge is 0.270 e. The predicted molar refractivity (Wildman–Crippen MR) is 95.0 cm³/mol. The fourth-order valence-electron chi connectivity index (χ4n) is 1.88. The molecule has 0 aliphatic carbocycles. The Hall–Kier alpha value is -3.13. The molecule has 0 aliphatic rings. The van der Waals surface area contributed by atoms with Gasteiger partial charge in [-0.05, 0) is 37.3 Å². The lowest BCUT2D eigenvalue weighted by atomic mass is 10.2. The van der Waals surface area contributed by atoms with Crippen molar-refractivity contribution >= 4 is 35.1 Å². The number of carbonyl (C=O) groups is 1. The van der Waals surface area contributed by atoms with E-state index in [9.17, 15) is 20.0 Å². The number of phenols is 1. The number of nitro benzene ring substituents is 1. The molecule has 0 fully saturated rings. The molecule has 8 nitrogen and oxygen atoms in total. The summed E-state index contributed by atoms with van der Waals surface area (Å²) in [5, 5.41) is 27.7. The van der Waals surface area contributed by atoms with E-state index in [1.165, 1.54) is 12.1 Å². The van der Waals surface area contributed by atoms with Crippen LogP contribution in [-0.2, 0) is 4.79 Å². The van der Waals surface area contributed by atoms with Crippen molar-refractivity contribution < 1.29 is 14.8 Å². The van der Waals surface area contributed by atoms with Gasteiger partial charge in [0.2, 0.25) is 0 Å². The van der Waals surface area contributed by atoms with E-state index in [-0.39, 0.29) is 17.0 Å². The van der Waals surface area contributed by atoms with Crippen LogP contribution in [0.1, 0.15) is 12.5 Å². The highest BCUT2D eigenvalue weighted by Gasteiger charge is 2.12. The van der Waals surface area contributed by atoms with Crippen molar-refractivity contribution in [3.8, 4) is 5.75 Å². The number of hydrogen-bond donors (Lipinski definition) is 3. The standard InChI is InChI=1S/C16H15ClN4O4/c1-10(19-13-4-2-12(17)3-5-13)16(23)20-18-9-11-8-14(21(24)25)6-7-15(11)22/h2-10,19,22H,1H3,(H,20,23). The van der Waals surface area contributed by atoms with Crippen molar-refractivity contribution in [3.63, 3.8) is 0 Å². The number of benzene rings is 2. The summed E-state index contributed by atoms with van der Waals surface area (Å²) >= 11 is 5.79. The average Bonchev–Trinajstić information content (AvgIpc) is 2.58. The number of non-ortho nitro benzene ring substituents is 1. The van der Waals surface area contributed by atoms with Crippen molar-refractivity contribution in [2.75, 3.05) is 5.32 Å². The molecule has 0 radical (unpaired) electrons. The maximum atomic E-state index is 12.0. The van der Waals surface area contributed by atoms with E-state index >= 15 is 0 Å². The number of hydrogen-bond acceptors (Lipinski definition) is 6. The van der Waals surface area contributed by atoms with Gasteiger partial charge in [-0.2, -0.15) is 5.10 Å². The van der Waals surface area contributed by atoms with Crippen LogP contribution in [0.3, 0.4) is 0 Å². The first kappa shape index (κ1) is 18.2. The molecule has 0 spiro atoms. The summed E-state index contributed by atoms with van der Waals surface area (Å²) in [5.41, 5.74) is 2.94. The van der Waals surface area contributed by atoms with Crippen LogP contribution in [0.5, 0.6) is 5.75 Å². The lowest BCUT2D eigenvalue weighted by Crippen LogP contribution is -2.34.